The van der Waals surface area contributed by atoms with Gasteiger partial charge in [0.25, 0.3) is 0 Å². The number of hydrogen-bond acceptors (Lipinski definition) is 4. The fraction of sp³-hybridized carbons (Fsp3) is 0.812. The average Bonchev–Trinajstić information content (AvgIpc) is 3.03. The van der Waals surface area contributed by atoms with Crippen LogP contribution in [0.5, 0.6) is 0 Å². The molecule has 2 fully saturated rings. The smallest absolute Gasteiger partial charge is 0.319 e. The summed E-state index contributed by atoms with van der Waals surface area (Å²) in [6.07, 6.45) is 10.9. The van der Waals surface area contributed by atoms with Crippen molar-refractivity contribution >= 4 is 22.5 Å². The number of carbonyl (C=O) groups is 1. The highest BCUT2D eigenvalue weighted by molar-refractivity contribution is 7.13. The summed E-state index contributed by atoms with van der Waals surface area (Å²) in [7, 11) is 0. The van der Waals surface area contributed by atoms with Crippen molar-refractivity contribution in [2.24, 2.45) is 5.92 Å². The van der Waals surface area contributed by atoms with Gasteiger partial charge in [-0.3, -0.25) is 5.32 Å². The largest absolute Gasteiger partial charge is 0.324 e. The third kappa shape index (κ3) is 3.77. The van der Waals surface area contributed by atoms with Gasteiger partial charge in [-0.2, -0.15) is 0 Å². The third-order valence-electron chi connectivity index (χ3n) is 5.16. The topological polar surface area (TPSA) is 58.1 Å². The molecule has 0 atom stereocenters. The highest BCUT2D eigenvalue weighted by atomic mass is 32.1. The number of carbonyl (C=O) groups excluding carboxylic acids is 1. The van der Waals surface area contributed by atoms with Crippen LogP contribution in [-0.2, 0) is 0 Å². The molecule has 0 aromatic carbocycles. The van der Waals surface area contributed by atoms with E-state index >= 15 is 0 Å². The third-order valence-corrected chi connectivity index (χ3v) is 5.76. The Hall–Kier alpha value is -1.17. The predicted octanol–water partition coefficient (Wildman–Crippen LogP) is 4.28. The monoisotopic (exact) mass is 322 g/mol. The van der Waals surface area contributed by atoms with Crippen LogP contribution in [0, 0.1) is 5.92 Å². The Kier molecular flexibility index (Phi) is 5.28. The maximum Gasteiger partial charge on any atom is 0.324 e. The molecule has 3 rings (SSSR count). The summed E-state index contributed by atoms with van der Waals surface area (Å²) in [6, 6.07) is 0.829. The van der Waals surface area contributed by atoms with Crippen LogP contribution in [0.25, 0.3) is 0 Å². The van der Waals surface area contributed by atoms with E-state index in [4.69, 9.17) is 0 Å². The Labute approximate surface area is 136 Å². The molecular formula is C16H26N4OS. The molecule has 2 amide bonds. The van der Waals surface area contributed by atoms with Crippen molar-refractivity contribution < 1.29 is 4.79 Å². The van der Waals surface area contributed by atoms with Gasteiger partial charge in [-0.25, -0.2) is 4.79 Å². The first-order chi connectivity index (χ1) is 10.7. The molecule has 6 heteroatoms. The zero-order valence-corrected chi connectivity index (χ0v) is 14.1. The molecule has 2 saturated carbocycles. The molecule has 1 N–H and O–H groups in total. The lowest BCUT2D eigenvalue weighted by Gasteiger charge is -2.42. The Morgan fingerprint density at radius 2 is 1.82 bits per heavy atom. The highest BCUT2D eigenvalue weighted by Crippen LogP contribution is 2.32. The molecule has 2 aliphatic carbocycles. The van der Waals surface area contributed by atoms with Crippen molar-refractivity contribution in [3.05, 3.63) is 5.51 Å². The summed E-state index contributed by atoms with van der Waals surface area (Å²) in [5, 5.41) is 11.3. The van der Waals surface area contributed by atoms with E-state index in [1.165, 1.54) is 43.4 Å². The fourth-order valence-electron chi connectivity index (χ4n) is 3.89. The highest BCUT2D eigenvalue weighted by Gasteiger charge is 2.33. The van der Waals surface area contributed by atoms with Crippen LogP contribution >= 0.6 is 11.3 Å². The minimum Gasteiger partial charge on any atom is -0.319 e. The quantitative estimate of drug-likeness (QED) is 0.903. The molecule has 0 saturated heterocycles. The second kappa shape index (κ2) is 7.40. The summed E-state index contributed by atoms with van der Waals surface area (Å²) in [5.41, 5.74) is 1.66. The summed E-state index contributed by atoms with van der Waals surface area (Å²) < 4.78 is 0. The molecular weight excluding hydrogens is 296 g/mol. The van der Waals surface area contributed by atoms with Crippen LogP contribution in [0.15, 0.2) is 5.51 Å². The zero-order valence-electron chi connectivity index (χ0n) is 13.3. The van der Waals surface area contributed by atoms with Crippen molar-refractivity contribution in [1.29, 1.82) is 0 Å². The molecule has 0 bridgehead atoms. The number of aromatic nitrogens is 2. The molecule has 2 aliphatic rings. The molecule has 0 unspecified atom stereocenters. The van der Waals surface area contributed by atoms with E-state index in [2.05, 4.69) is 27.3 Å². The number of hydrogen-bond donors (Lipinski definition) is 1. The Balaban J connectivity index is 1.71. The second-order valence-corrected chi connectivity index (χ2v) is 7.62. The van der Waals surface area contributed by atoms with Crippen LogP contribution < -0.4 is 5.32 Å². The minimum atomic E-state index is 0.0307. The summed E-state index contributed by atoms with van der Waals surface area (Å²) in [4.78, 5) is 15.0. The van der Waals surface area contributed by atoms with Gasteiger partial charge in [0.2, 0.25) is 5.13 Å². The lowest BCUT2D eigenvalue weighted by Crippen LogP contribution is -2.51. The number of nitrogens with one attached hydrogen (secondary N) is 1. The Bertz CT molecular complexity index is 465. The minimum absolute atomic E-state index is 0.0307. The second-order valence-electron chi connectivity index (χ2n) is 6.79. The van der Waals surface area contributed by atoms with Gasteiger partial charge in [0, 0.05) is 12.1 Å². The van der Waals surface area contributed by atoms with Gasteiger partial charge in [0.05, 0.1) is 0 Å². The van der Waals surface area contributed by atoms with Crippen molar-refractivity contribution in [3.8, 4) is 0 Å². The lowest BCUT2D eigenvalue weighted by atomic mass is 9.84. The standard InChI is InChI=1S/C16H26N4OS/c1-12-7-9-14(10-8-12)20(13-5-3-2-4-6-13)16(21)18-15-19-17-11-22-15/h11-14H,2-10H2,1H3,(H,18,19,21). The van der Waals surface area contributed by atoms with Crippen LogP contribution in [0.1, 0.15) is 64.7 Å². The number of urea groups is 1. The number of nitrogens with zero attached hydrogens (tertiary/aromatic N) is 3. The van der Waals surface area contributed by atoms with Gasteiger partial charge < -0.3 is 4.90 Å². The van der Waals surface area contributed by atoms with Gasteiger partial charge in [0.15, 0.2) is 0 Å². The average molecular weight is 322 g/mol. The van der Waals surface area contributed by atoms with Crippen LogP contribution in [0.4, 0.5) is 9.93 Å². The van der Waals surface area contributed by atoms with Gasteiger partial charge in [-0.05, 0) is 44.4 Å². The normalized spacial score (nSPS) is 26.6. The SMILES string of the molecule is CC1CCC(N(C(=O)Nc2nncs2)C2CCCCC2)CC1. The number of amides is 2. The molecule has 0 spiro atoms. The van der Waals surface area contributed by atoms with Crippen molar-refractivity contribution in [3.63, 3.8) is 0 Å². The summed E-state index contributed by atoms with van der Waals surface area (Å²) in [6.45, 7) is 2.32. The molecule has 22 heavy (non-hydrogen) atoms. The summed E-state index contributed by atoms with van der Waals surface area (Å²) >= 11 is 1.38. The Morgan fingerprint density at radius 3 is 2.45 bits per heavy atom. The summed E-state index contributed by atoms with van der Waals surface area (Å²) in [5.74, 6) is 0.802. The van der Waals surface area contributed by atoms with Gasteiger partial charge >= 0.3 is 6.03 Å². The first-order valence-corrected chi connectivity index (χ1v) is 9.47. The van der Waals surface area contributed by atoms with Crippen molar-refractivity contribution in [2.75, 3.05) is 5.32 Å². The number of rotatable bonds is 3. The van der Waals surface area contributed by atoms with Crippen LogP contribution in [0.2, 0.25) is 0 Å². The van der Waals surface area contributed by atoms with Crippen LogP contribution in [0.3, 0.4) is 0 Å². The van der Waals surface area contributed by atoms with E-state index in [9.17, 15) is 4.79 Å². The van der Waals surface area contributed by atoms with E-state index in [-0.39, 0.29) is 6.03 Å². The maximum absolute atomic E-state index is 12.8. The first kappa shape index (κ1) is 15.7. The Morgan fingerprint density at radius 1 is 1.14 bits per heavy atom. The van der Waals surface area contributed by atoms with E-state index < -0.39 is 0 Å². The molecule has 5 nitrogen and oxygen atoms in total. The molecule has 1 heterocycles. The number of anilines is 1. The van der Waals surface area contributed by atoms with Gasteiger partial charge in [-0.1, -0.05) is 37.5 Å². The van der Waals surface area contributed by atoms with Crippen molar-refractivity contribution in [1.82, 2.24) is 15.1 Å². The fourth-order valence-corrected chi connectivity index (χ4v) is 4.33. The molecule has 1 aromatic rings. The van der Waals surface area contributed by atoms with Crippen molar-refractivity contribution in [2.45, 2.75) is 76.8 Å². The van der Waals surface area contributed by atoms with E-state index in [1.807, 2.05) is 0 Å². The predicted molar refractivity (Wildman–Crippen MR) is 89.1 cm³/mol. The maximum atomic E-state index is 12.8. The molecule has 1 aromatic heterocycles. The van der Waals surface area contributed by atoms with E-state index in [0.717, 1.165) is 31.6 Å². The van der Waals surface area contributed by atoms with E-state index in [0.29, 0.717) is 17.2 Å². The first-order valence-electron chi connectivity index (χ1n) is 8.59. The molecule has 122 valence electrons. The van der Waals surface area contributed by atoms with Gasteiger partial charge in [0.1, 0.15) is 5.51 Å². The zero-order chi connectivity index (χ0) is 15.4. The lowest BCUT2D eigenvalue weighted by molar-refractivity contribution is 0.105. The van der Waals surface area contributed by atoms with E-state index in [1.54, 1.807) is 5.51 Å². The van der Waals surface area contributed by atoms with Gasteiger partial charge in [-0.15, -0.1) is 10.2 Å². The van der Waals surface area contributed by atoms with Crippen LogP contribution in [-0.4, -0.2) is 33.2 Å². The molecule has 0 aliphatic heterocycles. The molecule has 0 radical (unpaired) electrons.